The second-order valence-corrected chi connectivity index (χ2v) is 5.90. The molecule has 2 N–H and O–H groups in total. The summed E-state index contributed by atoms with van der Waals surface area (Å²) in [4.78, 5) is 7.74. The number of aromatic nitrogens is 1. The zero-order valence-corrected chi connectivity index (χ0v) is 12.1. The first-order chi connectivity index (χ1) is 7.91. The Morgan fingerprint density at radius 2 is 2.06 bits per heavy atom. The molecule has 0 bridgehead atoms. The van der Waals surface area contributed by atoms with Gasteiger partial charge in [0.05, 0.1) is 11.8 Å². The maximum absolute atomic E-state index is 9.68. The highest BCUT2D eigenvalue weighted by Gasteiger charge is 2.11. The Kier molecular flexibility index (Phi) is 5.36. The maximum Gasteiger partial charge on any atom is 0.185 e. The Bertz CT molecular complexity index is 350. The average molecular weight is 257 g/mol. The van der Waals surface area contributed by atoms with Crippen molar-refractivity contribution in [2.45, 2.75) is 33.4 Å². The van der Waals surface area contributed by atoms with E-state index in [1.807, 2.05) is 39.8 Å². The molecule has 4 nitrogen and oxygen atoms in total. The highest BCUT2D eigenvalue weighted by atomic mass is 32.1. The van der Waals surface area contributed by atoms with E-state index in [2.05, 4.69) is 10.3 Å². The standard InChI is InChI=1S/C12H23N3OS/c1-8(2)10(16)6-13-7-11-9(3)14-12(17-11)15(4)5/h8,10,13,16H,6-7H2,1-5H3. The van der Waals surface area contributed by atoms with Gasteiger partial charge in [-0.15, -0.1) is 11.3 Å². The van der Waals surface area contributed by atoms with Gasteiger partial charge in [0.25, 0.3) is 0 Å². The van der Waals surface area contributed by atoms with Gasteiger partial charge in [-0.25, -0.2) is 4.98 Å². The molecular weight excluding hydrogens is 234 g/mol. The van der Waals surface area contributed by atoms with Crippen LogP contribution in [0.4, 0.5) is 5.13 Å². The lowest BCUT2D eigenvalue weighted by Crippen LogP contribution is -2.30. The number of thiazole rings is 1. The van der Waals surface area contributed by atoms with Crippen molar-refractivity contribution in [1.29, 1.82) is 0 Å². The number of aliphatic hydroxyl groups excluding tert-OH is 1. The molecule has 1 heterocycles. The van der Waals surface area contributed by atoms with E-state index in [1.165, 1.54) is 4.88 Å². The van der Waals surface area contributed by atoms with Crippen LogP contribution < -0.4 is 10.2 Å². The molecule has 0 aliphatic heterocycles. The van der Waals surface area contributed by atoms with Crippen LogP contribution in [0.15, 0.2) is 0 Å². The zero-order chi connectivity index (χ0) is 13.0. The Morgan fingerprint density at radius 3 is 2.53 bits per heavy atom. The summed E-state index contributed by atoms with van der Waals surface area (Å²) in [5.41, 5.74) is 1.07. The molecule has 0 fully saturated rings. The minimum absolute atomic E-state index is 0.281. The third-order valence-corrected chi connectivity index (χ3v) is 4.00. The van der Waals surface area contributed by atoms with Crippen LogP contribution in [0, 0.1) is 12.8 Å². The van der Waals surface area contributed by atoms with Crippen molar-refractivity contribution in [3.8, 4) is 0 Å². The number of hydrogen-bond acceptors (Lipinski definition) is 5. The lowest BCUT2D eigenvalue weighted by atomic mass is 10.1. The van der Waals surface area contributed by atoms with Gasteiger partial charge in [-0.1, -0.05) is 13.8 Å². The zero-order valence-electron chi connectivity index (χ0n) is 11.3. The number of hydrogen-bond donors (Lipinski definition) is 2. The molecule has 0 spiro atoms. The SMILES string of the molecule is Cc1nc(N(C)C)sc1CNCC(O)C(C)C. The normalized spacial score (nSPS) is 13.1. The predicted octanol–water partition coefficient (Wildman–Crippen LogP) is 1.62. The first-order valence-electron chi connectivity index (χ1n) is 5.94. The molecule has 0 saturated heterocycles. The van der Waals surface area contributed by atoms with Gasteiger partial charge in [0.2, 0.25) is 0 Å². The number of rotatable bonds is 6. The molecule has 17 heavy (non-hydrogen) atoms. The predicted molar refractivity (Wildman–Crippen MR) is 73.7 cm³/mol. The molecule has 1 rings (SSSR count). The fraction of sp³-hybridized carbons (Fsp3) is 0.750. The monoisotopic (exact) mass is 257 g/mol. The van der Waals surface area contributed by atoms with E-state index in [1.54, 1.807) is 11.3 Å². The molecule has 98 valence electrons. The van der Waals surface area contributed by atoms with Crippen molar-refractivity contribution in [2.24, 2.45) is 5.92 Å². The van der Waals surface area contributed by atoms with Crippen molar-refractivity contribution in [3.05, 3.63) is 10.6 Å². The van der Waals surface area contributed by atoms with Crippen LogP contribution in [-0.2, 0) is 6.54 Å². The average Bonchev–Trinajstić information content (AvgIpc) is 2.60. The Hall–Kier alpha value is -0.650. The summed E-state index contributed by atoms with van der Waals surface area (Å²) in [7, 11) is 4.00. The fourth-order valence-electron chi connectivity index (χ4n) is 1.34. The lowest BCUT2D eigenvalue weighted by molar-refractivity contribution is 0.123. The summed E-state index contributed by atoms with van der Waals surface area (Å²) in [6, 6.07) is 0. The van der Waals surface area contributed by atoms with E-state index in [4.69, 9.17) is 0 Å². The number of nitrogens with one attached hydrogen (secondary N) is 1. The molecular formula is C12H23N3OS. The third-order valence-electron chi connectivity index (χ3n) is 2.67. The van der Waals surface area contributed by atoms with Gasteiger partial charge in [0, 0.05) is 32.1 Å². The lowest BCUT2D eigenvalue weighted by Gasteiger charge is -2.14. The van der Waals surface area contributed by atoms with Crippen molar-refractivity contribution >= 4 is 16.5 Å². The van der Waals surface area contributed by atoms with Crippen molar-refractivity contribution in [3.63, 3.8) is 0 Å². The summed E-state index contributed by atoms with van der Waals surface area (Å²) in [6.07, 6.45) is -0.281. The molecule has 1 unspecified atom stereocenters. The molecule has 1 aromatic rings. The summed E-state index contributed by atoms with van der Waals surface area (Å²) < 4.78 is 0. The van der Waals surface area contributed by atoms with E-state index in [0.717, 1.165) is 17.4 Å². The maximum atomic E-state index is 9.68. The summed E-state index contributed by atoms with van der Waals surface area (Å²) in [5, 5.41) is 14.0. The van der Waals surface area contributed by atoms with Gasteiger partial charge >= 0.3 is 0 Å². The van der Waals surface area contributed by atoms with Gasteiger partial charge in [-0.2, -0.15) is 0 Å². The molecule has 1 atom stereocenters. The molecule has 0 amide bonds. The first-order valence-corrected chi connectivity index (χ1v) is 6.76. The van der Waals surface area contributed by atoms with Gasteiger partial charge in [-0.3, -0.25) is 0 Å². The number of aryl methyl sites for hydroxylation is 1. The number of anilines is 1. The molecule has 0 aliphatic carbocycles. The Labute approximate surface area is 108 Å². The van der Waals surface area contributed by atoms with Crippen LogP contribution in [0.1, 0.15) is 24.4 Å². The van der Waals surface area contributed by atoms with Crippen molar-refractivity contribution in [2.75, 3.05) is 25.5 Å². The van der Waals surface area contributed by atoms with Crippen LogP contribution in [0.2, 0.25) is 0 Å². The number of aliphatic hydroxyl groups is 1. The third kappa shape index (κ3) is 4.26. The van der Waals surface area contributed by atoms with Gasteiger partial charge in [0.1, 0.15) is 0 Å². The highest BCUT2D eigenvalue weighted by Crippen LogP contribution is 2.24. The number of nitrogens with zero attached hydrogens (tertiary/aromatic N) is 2. The fourth-order valence-corrected chi connectivity index (χ4v) is 2.29. The van der Waals surface area contributed by atoms with Crippen LogP contribution in [0.5, 0.6) is 0 Å². The van der Waals surface area contributed by atoms with E-state index < -0.39 is 0 Å². The van der Waals surface area contributed by atoms with Crippen molar-refractivity contribution < 1.29 is 5.11 Å². The van der Waals surface area contributed by atoms with Crippen LogP contribution in [0.3, 0.4) is 0 Å². The molecule has 0 saturated carbocycles. The summed E-state index contributed by atoms with van der Waals surface area (Å²) in [5.74, 6) is 0.294. The van der Waals surface area contributed by atoms with Crippen LogP contribution in [-0.4, -0.2) is 36.8 Å². The van der Waals surface area contributed by atoms with E-state index >= 15 is 0 Å². The van der Waals surface area contributed by atoms with Gasteiger partial charge in [-0.05, 0) is 12.8 Å². The molecule has 1 aromatic heterocycles. The van der Waals surface area contributed by atoms with Crippen LogP contribution in [0.25, 0.3) is 0 Å². The minimum Gasteiger partial charge on any atom is -0.392 e. The molecule has 5 heteroatoms. The van der Waals surface area contributed by atoms with Crippen LogP contribution >= 0.6 is 11.3 Å². The smallest absolute Gasteiger partial charge is 0.185 e. The summed E-state index contributed by atoms with van der Waals surface area (Å²) in [6.45, 7) is 7.48. The van der Waals surface area contributed by atoms with E-state index in [9.17, 15) is 5.11 Å². The second-order valence-electron chi connectivity index (χ2n) is 4.84. The highest BCUT2D eigenvalue weighted by molar-refractivity contribution is 7.15. The van der Waals surface area contributed by atoms with Crippen molar-refractivity contribution in [1.82, 2.24) is 10.3 Å². The van der Waals surface area contributed by atoms with Gasteiger partial charge < -0.3 is 15.3 Å². The largest absolute Gasteiger partial charge is 0.392 e. The molecule has 0 aliphatic rings. The Balaban J connectivity index is 2.47. The Morgan fingerprint density at radius 1 is 1.41 bits per heavy atom. The van der Waals surface area contributed by atoms with E-state index in [0.29, 0.717) is 12.5 Å². The topological polar surface area (TPSA) is 48.4 Å². The molecule has 0 radical (unpaired) electrons. The molecule has 0 aromatic carbocycles. The first kappa shape index (κ1) is 14.4. The second kappa shape index (κ2) is 6.33. The van der Waals surface area contributed by atoms with Gasteiger partial charge in [0.15, 0.2) is 5.13 Å². The summed E-state index contributed by atoms with van der Waals surface area (Å²) >= 11 is 1.70. The quantitative estimate of drug-likeness (QED) is 0.813. The minimum atomic E-state index is -0.281. The van der Waals surface area contributed by atoms with E-state index in [-0.39, 0.29) is 6.10 Å².